The Kier molecular flexibility index (Phi) is 5.36. The monoisotopic (exact) mass is 384 g/mol. The van der Waals surface area contributed by atoms with Crippen molar-refractivity contribution in [3.8, 4) is 17.2 Å². The van der Waals surface area contributed by atoms with Crippen LogP contribution in [0, 0.1) is 17.1 Å². The number of aryl methyl sites for hydroxylation is 2. The minimum absolute atomic E-state index is 0.00313. The van der Waals surface area contributed by atoms with Gasteiger partial charge in [-0.1, -0.05) is 35.9 Å². The zero-order chi connectivity index (χ0) is 18.7. The summed E-state index contributed by atoms with van der Waals surface area (Å²) in [6, 6.07) is 15.4. The van der Waals surface area contributed by atoms with E-state index >= 15 is 0 Å². The van der Waals surface area contributed by atoms with E-state index in [0.717, 1.165) is 16.0 Å². The number of nitrogens with two attached hydrogens (primary N) is 1. The minimum Gasteiger partial charge on any atom is -0.366 e. The lowest BCUT2D eigenvalue weighted by atomic mass is 10.0. The number of halogens is 2. The summed E-state index contributed by atoms with van der Waals surface area (Å²) in [4.78, 5) is 12.5. The Morgan fingerprint density at radius 3 is 2.65 bits per heavy atom. The molecule has 1 heterocycles. The molecule has 130 valence electrons. The lowest BCUT2D eigenvalue weighted by molar-refractivity contribution is 0.0999. The van der Waals surface area contributed by atoms with Crippen molar-refractivity contribution in [3.63, 3.8) is 0 Å². The van der Waals surface area contributed by atoms with Crippen molar-refractivity contribution in [3.05, 3.63) is 80.3 Å². The number of hydrogen-bond acceptors (Lipinski definition) is 3. The molecule has 3 rings (SSSR count). The number of hydrogen-bond donors (Lipinski definition) is 1. The van der Waals surface area contributed by atoms with Crippen LogP contribution in [0.2, 0.25) is 4.34 Å². The van der Waals surface area contributed by atoms with E-state index in [0.29, 0.717) is 28.3 Å². The van der Waals surface area contributed by atoms with Crippen LogP contribution in [0.1, 0.15) is 26.4 Å². The van der Waals surface area contributed by atoms with Crippen LogP contribution in [-0.2, 0) is 12.8 Å². The van der Waals surface area contributed by atoms with E-state index < -0.39 is 11.7 Å². The molecule has 0 aliphatic heterocycles. The topological polar surface area (TPSA) is 66.9 Å². The van der Waals surface area contributed by atoms with Crippen molar-refractivity contribution in [1.29, 1.82) is 5.26 Å². The molecule has 0 bridgehead atoms. The van der Waals surface area contributed by atoms with Crippen LogP contribution in [0.15, 0.2) is 48.5 Å². The zero-order valence-electron chi connectivity index (χ0n) is 13.6. The fraction of sp³-hybridized carbons (Fsp3) is 0.100. The van der Waals surface area contributed by atoms with Crippen molar-refractivity contribution in [2.45, 2.75) is 12.8 Å². The Morgan fingerprint density at radius 1 is 1.19 bits per heavy atom. The number of nitrogens with zero attached hydrogens (tertiary/aromatic N) is 1. The molecule has 0 atom stereocenters. The molecule has 1 aromatic heterocycles. The molecule has 3 nitrogen and oxygen atoms in total. The van der Waals surface area contributed by atoms with E-state index in [1.807, 2.05) is 18.2 Å². The molecule has 0 aliphatic carbocycles. The van der Waals surface area contributed by atoms with E-state index in [1.54, 1.807) is 24.3 Å². The number of rotatable bonds is 5. The largest absolute Gasteiger partial charge is 0.366 e. The summed E-state index contributed by atoms with van der Waals surface area (Å²) in [6.07, 6.45) is 1.34. The normalized spacial score (nSPS) is 10.5. The smallest absolute Gasteiger partial charge is 0.248 e. The fourth-order valence-electron chi connectivity index (χ4n) is 2.75. The van der Waals surface area contributed by atoms with Crippen molar-refractivity contribution in [1.82, 2.24) is 0 Å². The second-order valence-electron chi connectivity index (χ2n) is 5.73. The molecule has 0 saturated carbocycles. The number of thiophene rings is 1. The quantitative estimate of drug-likeness (QED) is 0.675. The molecule has 1 amide bonds. The third kappa shape index (κ3) is 3.77. The lowest BCUT2D eigenvalue weighted by Crippen LogP contribution is -2.13. The Hall–Kier alpha value is -2.68. The van der Waals surface area contributed by atoms with Crippen LogP contribution in [-0.4, -0.2) is 5.91 Å². The van der Waals surface area contributed by atoms with Gasteiger partial charge in [0.15, 0.2) is 0 Å². The predicted octanol–water partition coefficient (Wildman–Crippen LogP) is 4.96. The van der Waals surface area contributed by atoms with Gasteiger partial charge in [-0.25, -0.2) is 4.39 Å². The SMILES string of the molecule is N#Cc1ccc(-c2cc(CCc3ccccc3C(N)=O)sc2Cl)cc1F. The summed E-state index contributed by atoms with van der Waals surface area (Å²) >= 11 is 7.75. The number of nitriles is 1. The molecule has 0 fully saturated rings. The molecule has 3 aromatic rings. The molecular weight excluding hydrogens is 371 g/mol. The van der Waals surface area contributed by atoms with Gasteiger partial charge >= 0.3 is 0 Å². The highest BCUT2D eigenvalue weighted by Crippen LogP contribution is 2.36. The van der Waals surface area contributed by atoms with E-state index in [4.69, 9.17) is 22.6 Å². The van der Waals surface area contributed by atoms with Crippen LogP contribution < -0.4 is 5.73 Å². The second-order valence-corrected chi connectivity index (χ2v) is 7.47. The van der Waals surface area contributed by atoms with Gasteiger partial charge in [0, 0.05) is 16.0 Å². The van der Waals surface area contributed by atoms with Crippen molar-refractivity contribution in [2.75, 3.05) is 0 Å². The summed E-state index contributed by atoms with van der Waals surface area (Å²) in [6.45, 7) is 0. The molecule has 6 heteroatoms. The molecular formula is C20H14ClFN2OS. The Labute approximate surface area is 159 Å². The third-order valence-corrected chi connectivity index (χ3v) is 5.48. The highest BCUT2D eigenvalue weighted by atomic mass is 35.5. The van der Waals surface area contributed by atoms with Crippen molar-refractivity contribution >= 4 is 28.8 Å². The van der Waals surface area contributed by atoms with E-state index in [1.165, 1.54) is 23.5 Å². The maximum absolute atomic E-state index is 13.9. The standard InChI is InChI=1S/C20H14ClFN2OS/c21-19-17(13-5-6-14(11-23)18(22)9-13)10-15(26-19)8-7-12-3-1-2-4-16(12)20(24)25/h1-6,9-10H,7-8H2,(H2,24,25). The van der Waals surface area contributed by atoms with Crippen LogP contribution in [0.25, 0.3) is 11.1 Å². The van der Waals surface area contributed by atoms with Crippen molar-refractivity contribution < 1.29 is 9.18 Å². The van der Waals surface area contributed by atoms with Gasteiger partial charge in [-0.15, -0.1) is 11.3 Å². The average Bonchev–Trinajstić information content (AvgIpc) is 3.00. The fourth-order valence-corrected chi connectivity index (χ4v) is 4.11. The highest BCUT2D eigenvalue weighted by Gasteiger charge is 2.13. The van der Waals surface area contributed by atoms with Crippen LogP contribution >= 0.6 is 22.9 Å². The third-order valence-electron chi connectivity index (χ3n) is 4.06. The summed E-state index contributed by atoms with van der Waals surface area (Å²) in [5.41, 5.74) is 8.18. The van der Waals surface area contributed by atoms with Crippen LogP contribution in [0.4, 0.5) is 4.39 Å². The predicted molar refractivity (Wildman–Crippen MR) is 102 cm³/mol. The molecule has 0 saturated heterocycles. The summed E-state index contributed by atoms with van der Waals surface area (Å²) in [5, 5.41) is 8.83. The molecule has 0 radical (unpaired) electrons. The zero-order valence-corrected chi connectivity index (χ0v) is 15.2. The second kappa shape index (κ2) is 7.69. The molecule has 2 aromatic carbocycles. The molecule has 2 N–H and O–H groups in total. The van der Waals surface area contributed by atoms with Crippen molar-refractivity contribution in [2.24, 2.45) is 5.73 Å². The van der Waals surface area contributed by atoms with Gasteiger partial charge < -0.3 is 5.73 Å². The van der Waals surface area contributed by atoms with Crippen LogP contribution in [0.3, 0.4) is 0 Å². The Balaban J connectivity index is 1.82. The van der Waals surface area contributed by atoms with E-state index in [-0.39, 0.29) is 5.56 Å². The number of carbonyl (C=O) groups excluding carboxylic acids is 1. The lowest BCUT2D eigenvalue weighted by Gasteiger charge is -2.05. The Morgan fingerprint density at radius 2 is 1.96 bits per heavy atom. The minimum atomic E-state index is -0.566. The van der Waals surface area contributed by atoms with Gasteiger partial charge in [-0.3, -0.25) is 4.79 Å². The summed E-state index contributed by atoms with van der Waals surface area (Å²) < 4.78 is 14.4. The number of benzene rings is 2. The van der Waals surface area contributed by atoms with Gasteiger partial charge in [0.1, 0.15) is 16.2 Å². The average molecular weight is 385 g/mol. The van der Waals surface area contributed by atoms with E-state index in [9.17, 15) is 9.18 Å². The first kappa shape index (κ1) is 18.1. The number of primary amides is 1. The molecule has 0 spiro atoms. The van der Waals surface area contributed by atoms with Gasteiger partial charge in [0.05, 0.1) is 5.56 Å². The van der Waals surface area contributed by atoms with E-state index in [2.05, 4.69) is 0 Å². The number of amides is 1. The maximum Gasteiger partial charge on any atom is 0.248 e. The Bertz CT molecular complexity index is 1020. The van der Waals surface area contributed by atoms with Crippen LogP contribution in [0.5, 0.6) is 0 Å². The first-order valence-electron chi connectivity index (χ1n) is 7.85. The van der Waals surface area contributed by atoms with Gasteiger partial charge in [-0.2, -0.15) is 5.26 Å². The summed E-state index contributed by atoms with van der Waals surface area (Å²) in [7, 11) is 0. The molecule has 0 unspecified atom stereocenters. The summed E-state index contributed by atoms with van der Waals surface area (Å²) in [5.74, 6) is -1.01. The number of carbonyl (C=O) groups is 1. The van der Waals surface area contributed by atoms with Gasteiger partial charge in [0.2, 0.25) is 5.91 Å². The highest BCUT2D eigenvalue weighted by molar-refractivity contribution is 7.16. The first-order valence-corrected chi connectivity index (χ1v) is 9.05. The first-order chi connectivity index (χ1) is 12.5. The maximum atomic E-state index is 13.9. The van der Waals surface area contributed by atoms with Gasteiger partial charge in [-0.05, 0) is 48.2 Å². The molecule has 0 aliphatic rings. The van der Waals surface area contributed by atoms with Gasteiger partial charge in [0.25, 0.3) is 0 Å². The molecule has 26 heavy (non-hydrogen) atoms.